The Morgan fingerprint density at radius 3 is 1.60 bits per heavy atom. The van der Waals surface area contributed by atoms with Crippen LogP contribution in [0.25, 0.3) is 71.9 Å². The summed E-state index contributed by atoms with van der Waals surface area (Å²) in [6, 6.07) is 49.6. The van der Waals surface area contributed by atoms with Crippen molar-refractivity contribution in [3.8, 4) is 39.3 Å². The molecule has 0 aliphatic heterocycles. The fourth-order valence-electron chi connectivity index (χ4n) is 5.96. The summed E-state index contributed by atoms with van der Waals surface area (Å²) >= 11 is 3.79. The molecule has 0 bridgehead atoms. The van der Waals surface area contributed by atoms with Gasteiger partial charge in [0.2, 0.25) is 0 Å². The zero-order valence-corrected chi connectivity index (χ0v) is 23.1. The standard InChI is InChI=1S/C37H23BrN2/c38-31-19-28-17-16-27-18-29(24-10-4-1-5-11-24)21-33-36(27)37(28)34(23-31)40(33)35-22-30(25-12-6-2-7-13-25)20-32(39-35)26-14-8-3-9-15-26/h1-23H. The number of halogens is 1. The summed E-state index contributed by atoms with van der Waals surface area (Å²) < 4.78 is 3.40. The van der Waals surface area contributed by atoms with Gasteiger partial charge in [0, 0.05) is 20.8 Å². The summed E-state index contributed by atoms with van der Waals surface area (Å²) in [6.45, 7) is 0. The van der Waals surface area contributed by atoms with Crippen molar-refractivity contribution in [1.29, 1.82) is 0 Å². The van der Waals surface area contributed by atoms with Crippen LogP contribution in [0.3, 0.4) is 0 Å². The first-order valence-corrected chi connectivity index (χ1v) is 14.2. The van der Waals surface area contributed by atoms with Crippen molar-refractivity contribution >= 4 is 48.5 Å². The van der Waals surface area contributed by atoms with Crippen molar-refractivity contribution in [3.63, 3.8) is 0 Å². The number of nitrogens with zero attached hydrogens (tertiary/aromatic N) is 2. The van der Waals surface area contributed by atoms with E-state index in [0.29, 0.717) is 0 Å². The van der Waals surface area contributed by atoms with E-state index in [1.54, 1.807) is 0 Å². The van der Waals surface area contributed by atoms with Gasteiger partial charge in [-0.3, -0.25) is 4.57 Å². The van der Waals surface area contributed by atoms with Crippen LogP contribution in [0, 0.1) is 0 Å². The van der Waals surface area contributed by atoms with Crippen LogP contribution in [0.5, 0.6) is 0 Å². The Hall–Kier alpha value is -4.73. The van der Waals surface area contributed by atoms with Gasteiger partial charge in [0.1, 0.15) is 5.82 Å². The van der Waals surface area contributed by atoms with Gasteiger partial charge in [-0.1, -0.05) is 119 Å². The van der Waals surface area contributed by atoms with Crippen LogP contribution in [0.15, 0.2) is 144 Å². The van der Waals surface area contributed by atoms with Crippen molar-refractivity contribution in [1.82, 2.24) is 9.55 Å². The van der Waals surface area contributed by atoms with Crippen LogP contribution in [0.4, 0.5) is 0 Å². The number of hydrogen-bond donors (Lipinski definition) is 0. The van der Waals surface area contributed by atoms with E-state index in [4.69, 9.17) is 4.98 Å². The molecule has 0 saturated heterocycles. The first kappa shape index (κ1) is 23.2. The average Bonchev–Trinajstić information content (AvgIpc) is 3.35. The highest BCUT2D eigenvalue weighted by atomic mass is 79.9. The highest BCUT2D eigenvalue weighted by Crippen LogP contribution is 2.42. The summed E-state index contributed by atoms with van der Waals surface area (Å²) in [4.78, 5) is 5.31. The van der Waals surface area contributed by atoms with Gasteiger partial charge in [0.25, 0.3) is 0 Å². The van der Waals surface area contributed by atoms with Crippen LogP contribution in [0.2, 0.25) is 0 Å². The minimum Gasteiger partial charge on any atom is -0.294 e. The summed E-state index contributed by atoms with van der Waals surface area (Å²) in [5, 5.41) is 4.99. The fraction of sp³-hybridized carbons (Fsp3) is 0. The topological polar surface area (TPSA) is 17.8 Å². The monoisotopic (exact) mass is 574 g/mol. The Kier molecular flexibility index (Phi) is 5.32. The first-order valence-electron chi connectivity index (χ1n) is 13.4. The molecule has 0 amide bonds. The SMILES string of the molecule is Brc1cc2ccc3cc(-c4ccccc4)cc4c3c2c(c1)n4-c1cc(-c2ccccc2)cc(-c2ccccc2)n1. The highest BCUT2D eigenvalue weighted by molar-refractivity contribution is 9.10. The molecule has 8 rings (SSSR count). The van der Waals surface area contributed by atoms with Crippen LogP contribution >= 0.6 is 15.9 Å². The van der Waals surface area contributed by atoms with Crippen LogP contribution in [-0.4, -0.2) is 9.55 Å². The third-order valence-electron chi connectivity index (χ3n) is 7.76. The maximum Gasteiger partial charge on any atom is 0.138 e. The Morgan fingerprint density at radius 1 is 0.450 bits per heavy atom. The van der Waals surface area contributed by atoms with Gasteiger partial charge in [-0.15, -0.1) is 0 Å². The lowest BCUT2D eigenvalue weighted by Gasteiger charge is -2.13. The number of rotatable bonds is 4. The molecule has 0 aliphatic carbocycles. The Labute approximate surface area is 240 Å². The number of pyridine rings is 1. The van der Waals surface area contributed by atoms with E-state index in [9.17, 15) is 0 Å². The molecule has 6 aromatic carbocycles. The summed E-state index contributed by atoms with van der Waals surface area (Å²) in [5.74, 6) is 0.905. The smallest absolute Gasteiger partial charge is 0.138 e. The van der Waals surface area contributed by atoms with E-state index in [1.165, 1.54) is 38.2 Å². The van der Waals surface area contributed by atoms with Gasteiger partial charge in [-0.25, -0.2) is 4.98 Å². The normalized spacial score (nSPS) is 11.6. The lowest BCUT2D eigenvalue weighted by atomic mass is 9.97. The second kappa shape index (κ2) is 9.18. The Bertz CT molecular complexity index is 2090. The Balaban J connectivity index is 1.50. The van der Waals surface area contributed by atoms with Gasteiger partial charge in [-0.2, -0.15) is 0 Å². The van der Waals surface area contributed by atoms with E-state index < -0.39 is 0 Å². The largest absolute Gasteiger partial charge is 0.294 e. The average molecular weight is 576 g/mol. The first-order chi connectivity index (χ1) is 19.7. The molecule has 188 valence electrons. The van der Waals surface area contributed by atoms with Crippen LogP contribution in [-0.2, 0) is 0 Å². The van der Waals surface area contributed by atoms with Crippen molar-refractivity contribution < 1.29 is 0 Å². The minimum atomic E-state index is 0.905. The molecule has 0 radical (unpaired) electrons. The lowest BCUT2D eigenvalue weighted by molar-refractivity contribution is 1.08. The second-order valence-corrected chi connectivity index (χ2v) is 11.1. The summed E-state index contributed by atoms with van der Waals surface area (Å²) in [6.07, 6.45) is 0. The van der Waals surface area contributed by atoms with Crippen LogP contribution in [0.1, 0.15) is 0 Å². The van der Waals surface area contributed by atoms with Crippen LogP contribution < -0.4 is 0 Å². The molecule has 0 aliphatic rings. The molecule has 0 fully saturated rings. The lowest BCUT2D eigenvalue weighted by Crippen LogP contribution is -2.00. The molecule has 2 heterocycles. The second-order valence-electron chi connectivity index (χ2n) is 10.2. The van der Waals surface area contributed by atoms with E-state index in [-0.39, 0.29) is 0 Å². The fourth-order valence-corrected chi connectivity index (χ4v) is 6.42. The molecular weight excluding hydrogens is 552 g/mol. The van der Waals surface area contributed by atoms with Gasteiger partial charge in [-0.05, 0) is 69.4 Å². The molecule has 2 aromatic heterocycles. The van der Waals surface area contributed by atoms with Gasteiger partial charge >= 0.3 is 0 Å². The summed E-state index contributed by atoms with van der Waals surface area (Å²) in [5.41, 5.74) is 9.06. The quantitative estimate of drug-likeness (QED) is 0.191. The molecule has 8 aromatic rings. The molecule has 40 heavy (non-hydrogen) atoms. The molecule has 0 unspecified atom stereocenters. The molecule has 0 N–H and O–H groups in total. The molecule has 0 spiro atoms. The third kappa shape index (κ3) is 3.74. The number of aromatic nitrogens is 2. The summed E-state index contributed by atoms with van der Waals surface area (Å²) in [7, 11) is 0. The minimum absolute atomic E-state index is 0.905. The zero-order chi connectivity index (χ0) is 26.6. The van der Waals surface area contributed by atoms with E-state index in [1.807, 2.05) is 6.07 Å². The van der Waals surface area contributed by atoms with E-state index >= 15 is 0 Å². The van der Waals surface area contributed by atoms with Crippen molar-refractivity contribution in [2.75, 3.05) is 0 Å². The predicted molar refractivity (Wildman–Crippen MR) is 171 cm³/mol. The Morgan fingerprint density at radius 2 is 0.975 bits per heavy atom. The maximum absolute atomic E-state index is 5.31. The van der Waals surface area contributed by atoms with Crippen molar-refractivity contribution in [2.24, 2.45) is 0 Å². The molecular formula is C37H23BrN2. The molecule has 0 saturated carbocycles. The maximum atomic E-state index is 5.31. The molecule has 3 heteroatoms. The van der Waals surface area contributed by atoms with Gasteiger partial charge in [0.05, 0.1) is 16.7 Å². The third-order valence-corrected chi connectivity index (χ3v) is 8.22. The van der Waals surface area contributed by atoms with E-state index in [2.05, 4.69) is 154 Å². The molecule has 2 nitrogen and oxygen atoms in total. The number of benzene rings is 6. The van der Waals surface area contributed by atoms with Crippen molar-refractivity contribution in [2.45, 2.75) is 0 Å². The zero-order valence-electron chi connectivity index (χ0n) is 21.6. The predicted octanol–water partition coefficient (Wildman–Crippen LogP) is 10.5. The van der Waals surface area contributed by atoms with E-state index in [0.717, 1.165) is 38.1 Å². The van der Waals surface area contributed by atoms with Crippen molar-refractivity contribution in [3.05, 3.63) is 144 Å². The highest BCUT2D eigenvalue weighted by Gasteiger charge is 2.20. The molecule has 0 atom stereocenters. The van der Waals surface area contributed by atoms with Gasteiger partial charge < -0.3 is 0 Å². The van der Waals surface area contributed by atoms with Gasteiger partial charge in [0.15, 0.2) is 0 Å². The number of hydrogen-bond acceptors (Lipinski definition) is 1.